The number of nitriles is 1. The molecule has 0 aliphatic rings. The van der Waals surface area contributed by atoms with E-state index >= 15 is 0 Å². The maximum Gasteiger partial charge on any atom is 0.101 e. The van der Waals surface area contributed by atoms with Gasteiger partial charge in [0, 0.05) is 12.7 Å². The Labute approximate surface area is 97.2 Å². The Hall–Kier alpha value is -0.610. The van der Waals surface area contributed by atoms with Gasteiger partial charge in [0.15, 0.2) is 0 Å². The standard InChI is InChI=1S/C9H13IN4/c1-9(12,7-11)3-2-4-14-6-8(10)5-13-14/h5-6H,2-4,12H2,1H3. The van der Waals surface area contributed by atoms with Crippen molar-refractivity contribution in [2.75, 3.05) is 0 Å². The maximum atomic E-state index is 8.70. The molecule has 0 bridgehead atoms. The van der Waals surface area contributed by atoms with Crippen LogP contribution in [-0.2, 0) is 6.54 Å². The summed E-state index contributed by atoms with van der Waals surface area (Å²) >= 11 is 2.22. The number of nitrogens with zero attached hydrogens (tertiary/aromatic N) is 3. The number of rotatable bonds is 4. The fourth-order valence-electron chi connectivity index (χ4n) is 1.12. The number of halogens is 1. The van der Waals surface area contributed by atoms with Gasteiger partial charge in [-0.2, -0.15) is 10.4 Å². The summed E-state index contributed by atoms with van der Waals surface area (Å²) in [5.41, 5.74) is 4.99. The van der Waals surface area contributed by atoms with Crippen molar-refractivity contribution in [1.82, 2.24) is 9.78 Å². The van der Waals surface area contributed by atoms with Gasteiger partial charge in [-0.3, -0.25) is 4.68 Å². The van der Waals surface area contributed by atoms with E-state index in [9.17, 15) is 0 Å². The average molecular weight is 304 g/mol. The van der Waals surface area contributed by atoms with Gasteiger partial charge >= 0.3 is 0 Å². The summed E-state index contributed by atoms with van der Waals surface area (Å²) in [5.74, 6) is 0. The Morgan fingerprint density at radius 3 is 3.00 bits per heavy atom. The van der Waals surface area contributed by atoms with Crippen molar-refractivity contribution in [1.29, 1.82) is 5.26 Å². The lowest BCUT2D eigenvalue weighted by Crippen LogP contribution is -2.34. The Morgan fingerprint density at radius 1 is 1.79 bits per heavy atom. The Kier molecular flexibility index (Phi) is 3.89. The normalized spacial score (nSPS) is 14.7. The number of aryl methyl sites for hydroxylation is 1. The van der Waals surface area contributed by atoms with Gasteiger partial charge in [0.1, 0.15) is 5.54 Å². The summed E-state index contributed by atoms with van der Waals surface area (Å²) < 4.78 is 2.99. The summed E-state index contributed by atoms with van der Waals surface area (Å²) in [7, 11) is 0. The van der Waals surface area contributed by atoms with Gasteiger partial charge in [0.2, 0.25) is 0 Å². The predicted octanol–water partition coefficient (Wildman–Crippen LogP) is 1.51. The largest absolute Gasteiger partial charge is 0.314 e. The van der Waals surface area contributed by atoms with Crippen LogP contribution in [0.1, 0.15) is 19.8 Å². The summed E-state index contributed by atoms with van der Waals surface area (Å²) in [6, 6.07) is 2.08. The summed E-state index contributed by atoms with van der Waals surface area (Å²) in [4.78, 5) is 0. The molecule has 0 saturated carbocycles. The highest BCUT2D eigenvalue weighted by Crippen LogP contribution is 2.09. The zero-order valence-electron chi connectivity index (χ0n) is 8.07. The SMILES string of the molecule is CC(N)(C#N)CCCn1cc(I)cn1. The van der Waals surface area contributed by atoms with E-state index in [-0.39, 0.29) is 0 Å². The minimum Gasteiger partial charge on any atom is -0.314 e. The van der Waals surface area contributed by atoms with E-state index in [0.717, 1.165) is 16.5 Å². The second-order valence-electron chi connectivity index (χ2n) is 3.55. The van der Waals surface area contributed by atoms with Crippen LogP contribution in [0, 0.1) is 14.9 Å². The Morgan fingerprint density at radius 2 is 2.50 bits per heavy atom. The van der Waals surface area contributed by atoms with Crippen LogP contribution in [0.2, 0.25) is 0 Å². The topological polar surface area (TPSA) is 67.6 Å². The molecule has 0 aliphatic heterocycles. The molecule has 0 radical (unpaired) electrons. The quantitative estimate of drug-likeness (QED) is 0.857. The van der Waals surface area contributed by atoms with Crippen molar-refractivity contribution in [3.8, 4) is 6.07 Å². The third-order valence-electron chi connectivity index (χ3n) is 1.94. The summed E-state index contributed by atoms with van der Waals surface area (Å²) in [6.45, 7) is 2.57. The molecule has 1 atom stereocenters. The fraction of sp³-hybridized carbons (Fsp3) is 0.556. The highest BCUT2D eigenvalue weighted by molar-refractivity contribution is 14.1. The number of nitrogens with two attached hydrogens (primary N) is 1. The van der Waals surface area contributed by atoms with Crippen LogP contribution in [0.25, 0.3) is 0 Å². The maximum absolute atomic E-state index is 8.70. The minimum absolute atomic E-state index is 0.694. The number of aromatic nitrogens is 2. The molecular weight excluding hydrogens is 291 g/mol. The molecule has 76 valence electrons. The molecular formula is C9H13IN4. The van der Waals surface area contributed by atoms with Gasteiger partial charge in [-0.05, 0) is 42.4 Å². The predicted molar refractivity (Wildman–Crippen MR) is 62.4 cm³/mol. The first kappa shape index (κ1) is 11.5. The van der Waals surface area contributed by atoms with Crippen LogP contribution in [0.4, 0.5) is 0 Å². The third kappa shape index (κ3) is 3.64. The molecule has 1 heterocycles. The zero-order valence-corrected chi connectivity index (χ0v) is 10.2. The van der Waals surface area contributed by atoms with Crippen molar-refractivity contribution in [2.45, 2.75) is 31.8 Å². The highest BCUT2D eigenvalue weighted by atomic mass is 127. The van der Waals surface area contributed by atoms with Crippen molar-refractivity contribution < 1.29 is 0 Å². The third-order valence-corrected chi connectivity index (χ3v) is 2.50. The number of hydrogen-bond acceptors (Lipinski definition) is 3. The molecule has 0 saturated heterocycles. The molecule has 0 aliphatic carbocycles. The molecule has 5 heteroatoms. The molecule has 1 aromatic rings. The van der Waals surface area contributed by atoms with Crippen LogP contribution < -0.4 is 5.73 Å². The van der Waals surface area contributed by atoms with Crippen LogP contribution in [-0.4, -0.2) is 15.3 Å². The van der Waals surface area contributed by atoms with Crippen LogP contribution >= 0.6 is 22.6 Å². The molecule has 0 aromatic carbocycles. The van der Waals surface area contributed by atoms with Gasteiger partial charge in [0.05, 0.1) is 15.8 Å². The molecule has 1 aromatic heterocycles. The van der Waals surface area contributed by atoms with Crippen LogP contribution in [0.15, 0.2) is 12.4 Å². The summed E-state index contributed by atoms with van der Waals surface area (Å²) in [6.07, 6.45) is 5.35. The molecule has 1 unspecified atom stereocenters. The second-order valence-corrected chi connectivity index (χ2v) is 4.80. The van der Waals surface area contributed by atoms with Crippen molar-refractivity contribution in [3.05, 3.63) is 16.0 Å². The van der Waals surface area contributed by atoms with E-state index < -0.39 is 5.54 Å². The van der Waals surface area contributed by atoms with E-state index in [0.29, 0.717) is 6.42 Å². The van der Waals surface area contributed by atoms with E-state index in [2.05, 4.69) is 33.8 Å². The lowest BCUT2D eigenvalue weighted by Gasteiger charge is -2.14. The Balaban J connectivity index is 2.33. The monoisotopic (exact) mass is 304 g/mol. The van der Waals surface area contributed by atoms with Gasteiger partial charge in [-0.15, -0.1) is 0 Å². The molecule has 0 spiro atoms. The van der Waals surface area contributed by atoms with Crippen molar-refractivity contribution in [2.24, 2.45) is 5.73 Å². The first-order valence-electron chi connectivity index (χ1n) is 4.41. The second kappa shape index (κ2) is 4.75. The summed E-state index contributed by atoms with van der Waals surface area (Å²) in [5, 5.41) is 12.8. The highest BCUT2D eigenvalue weighted by Gasteiger charge is 2.16. The minimum atomic E-state index is -0.708. The zero-order chi connectivity index (χ0) is 10.6. The van der Waals surface area contributed by atoms with Gasteiger partial charge in [-0.25, -0.2) is 0 Å². The van der Waals surface area contributed by atoms with E-state index in [1.807, 2.05) is 17.1 Å². The van der Waals surface area contributed by atoms with Gasteiger partial charge < -0.3 is 5.73 Å². The molecule has 0 fully saturated rings. The van der Waals surface area contributed by atoms with Crippen molar-refractivity contribution >= 4 is 22.6 Å². The lowest BCUT2D eigenvalue weighted by atomic mass is 9.99. The first-order valence-corrected chi connectivity index (χ1v) is 5.49. The molecule has 4 nitrogen and oxygen atoms in total. The lowest BCUT2D eigenvalue weighted by molar-refractivity contribution is 0.471. The molecule has 14 heavy (non-hydrogen) atoms. The van der Waals surface area contributed by atoms with E-state index in [1.54, 1.807) is 6.92 Å². The van der Waals surface area contributed by atoms with Gasteiger partial charge in [0.25, 0.3) is 0 Å². The van der Waals surface area contributed by atoms with Crippen LogP contribution in [0.5, 0.6) is 0 Å². The van der Waals surface area contributed by atoms with Crippen LogP contribution in [0.3, 0.4) is 0 Å². The van der Waals surface area contributed by atoms with E-state index in [1.165, 1.54) is 0 Å². The van der Waals surface area contributed by atoms with E-state index in [4.69, 9.17) is 11.0 Å². The van der Waals surface area contributed by atoms with Gasteiger partial charge in [-0.1, -0.05) is 0 Å². The Bertz CT molecular complexity index is 337. The van der Waals surface area contributed by atoms with Crippen molar-refractivity contribution in [3.63, 3.8) is 0 Å². The average Bonchev–Trinajstić information content (AvgIpc) is 2.51. The molecule has 1 rings (SSSR count). The fourth-order valence-corrected chi connectivity index (χ4v) is 1.57. The first-order chi connectivity index (χ1) is 6.53. The smallest absolute Gasteiger partial charge is 0.101 e. The molecule has 0 amide bonds. The molecule has 2 N–H and O–H groups in total. The number of hydrogen-bond donors (Lipinski definition) is 1.